The van der Waals surface area contributed by atoms with Gasteiger partial charge >= 0.3 is 29.8 Å². The molecule has 16 heteroatoms. The Morgan fingerprint density at radius 3 is 1.48 bits per heavy atom. The Hall–Kier alpha value is -5.19. The van der Waals surface area contributed by atoms with E-state index in [0.29, 0.717) is 17.3 Å². The fraction of sp³-hybridized carbons (Fsp3) is 0.0833. The molecule has 0 bridgehead atoms. The van der Waals surface area contributed by atoms with E-state index in [4.69, 9.17) is 27.7 Å². The van der Waals surface area contributed by atoms with Gasteiger partial charge in [0, 0.05) is 31.2 Å². The number of carboxylic acids is 2. The number of nitrogens with one attached hydrogen (secondary N) is 2. The molecule has 0 aliphatic carbocycles. The van der Waals surface area contributed by atoms with Gasteiger partial charge < -0.3 is 30.3 Å². The van der Waals surface area contributed by atoms with Crippen molar-refractivity contribution in [2.24, 2.45) is 0 Å². The van der Waals surface area contributed by atoms with Crippen molar-refractivity contribution in [2.75, 3.05) is 29.6 Å². The summed E-state index contributed by atoms with van der Waals surface area (Å²) in [5.74, 6) is -1.24. The zero-order valence-corrected chi connectivity index (χ0v) is 21.8. The van der Waals surface area contributed by atoms with Gasteiger partial charge in [-0.3, -0.25) is 4.55 Å². The predicted molar refractivity (Wildman–Crippen MR) is 141 cm³/mol. The average Bonchev–Trinajstić information content (AvgIpc) is 2.88. The van der Waals surface area contributed by atoms with E-state index in [-0.39, 0.29) is 23.0 Å². The molecule has 0 fully saturated rings. The van der Waals surface area contributed by atoms with Crippen LogP contribution in [0, 0.1) is 0 Å². The molecule has 4 aromatic rings. The van der Waals surface area contributed by atoms with Gasteiger partial charge in [0.25, 0.3) is 0 Å². The maximum atomic E-state index is 11.1. The molecule has 5 N–H and O–H groups in total. The molecule has 0 saturated carbocycles. The van der Waals surface area contributed by atoms with Gasteiger partial charge in [-0.25, -0.2) is 22.6 Å². The van der Waals surface area contributed by atoms with Gasteiger partial charge in [-0.15, -0.1) is 4.98 Å². The number of aromatic carboxylic acids is 2. The van der Waals surface area contributed by atoms with E-state index < -0.39 is 22.3 Å². The van der Waals surface area contributed by atoms with Crippen molar-refractivity contribution in [3.05, 3.63) is 84.2 Å². The van der Waals surface area contributed by atoms with Gasteiger partial charge in [0.05, 0.1) is 23.5 Å². The number of aromatic nitrogens is 4. The molecule has 0 saturated heterocycles. The molecular formula is C24H23N7O8S. The number of hydrogen-bond donors (Lipinski definition) is 5. The predicted octanol–water partition coefficient (Wildman–Crippen LogP) is 2.10. The molecule has 0 aliphatic rings. The standard InChI is InChI=1S/C24H21N7O4.H2O4S/c1-30(2)19-11-13-31(14-12-19)24-28-22(25-17-7-3-15(4-8-17)20(32)33)27-23(29-24)26-18-9-5-16(6-10-18)21(34)35;1-5(2,3)4/h3-14H,1-2H3,(H3-,25,26,27,28,29,32,33,34,35);(H2,1,2,3,4). The number of carboxylic acid groups (broad SMARTS) is 2. The number of anilines is 5. The first-order chi connectivity index (χ1) is 18.8. The van der Waals surface area contributed by atoms with E-state index in [2.05, 4.69) is 25.6 Å². The van der Waals surface area contributed by atoms with Crippen LogP contribution in [0.25, 0.3) is 5.95 Å². The summed E-state index contributed by atoms with van der Waals surface area (Å²) in [5.41, 5.74) is 2.52. The van der Waals surface area contributed by atoms with E-state index in [1.165, 1.54) is 24.3 Å². The Morgan fingerprint density at radius 2 is 1.15 bits per heavy atom. The monoisotopic (exact) mass is 569 g/mol. The Kier molecular flexibility index (Phi) is 9.23. The molecule has 208 valence electrons. The fourth-order valence-electron chi connectivity index (χ4n) is 3.09. The van der Waals surface area contributed by atoms with Crippen LogP contribution in [-0.4, -0.2) is 68.7 Å². The number of rotatable bonds is 8. The van der Waals surface area contributed by atoms with Crippen LogP contribution in [0.1, 0.15) is 20.7 Å². The van der Waals surface area contributed by atoms with Crippen LogP contribution >= 0.6 is 0 Å². The Labute approximate surface area is 228 Å². The molecule has 0 amide bonds. The van der Waals surface area contributed by atoms with Crippen molar-refractivity contribution >= 4 is 51.3 Å². The highest BCUT2D eigenvalue weighted by Gasteiger charge is 2.19. The fourth-order valence-corrected chi connectivity index (χ4v) is 3.09. The van der Waals surface area contributed by atoms with Crippen molar-refractivity contribution in [1.82, 2.24) is 15.0 Å². The van der Waals surface area contributed by atoms with Gasteiger partial charge in [-0.2, -0.15) is 0 Å². The molecular weight excluding hydrogens is 546 g/mol. The number of hydrogen-bond acceptors (Lipinski definition) is 11. The van der Waals surface area contributed by atoms with Crippen LogP contribution in [-0.2, 0) is 10.4 Å². The molecule has 40 heavy (non-hydrogen) atoms. The lowest BCUT2D eigenvalue weighted by Gasteiger charge is -2.11. The van der Waals surface area contributed by atoms with Crippen LogP contribution in [0.3, 0.4) is 0 Å². The normalized spacial score (nSPS) is 10.6. The van der Waals surface area contributed by atoms with Gasteiger partial charge in [0.2, 0.25) is 10.4 Å². The topological polar surface area (TPSA) is 222 Å². The highest BCUT2D eigenvalue weighted by Crippen LogP contribution is 2.19. The van der Waals surface area contributed by atoms with Crippen LogP contribution in [0.2, 0.25) is 0 Å². The lowest BCUT2D eigenvalue weighted by Crippen LogP contribution is -2.33. The highest BCUT2D eigenvalue weighted by atomic mass is 32.3. The number of pyridine rings is 1. The summed E-state index contributed by atoms with van der Waals surface area (Å²) in [6, 6.07) is 16.2. The smallest absolute Gasteiger partial charge is 0.444 e. The minimum atomic E-state index is -4.92. The number of nitrogens with zero attached hydrogens (tertiary/aromatic N) is 5. The van der Waals surface area contributed by atoms with Crippen LogP contribution in [0.4, 0.5) is 29.0 Å². The quantitative estimate of drug-likeness (QED) is 0.116. The summed E-state index contributed by atoms with van der Waals surface area (Å²) in [4.78, 5) is 37.6. The average molecular weight is 570 g/mol. The summed E-state index contributed by atoms with van der Waals surface area (Å²) in [5, 5.41) is 24.3. The molecule has 0 atom stereocenters. The van der Waals surface area contributed by atoms with E-state index >= 15 is 0 Å². The van der Waals surface area contributed by atoms with Gasteiger partial charge in [-0.1, -0.05) is 0 Å². The van der Waals surface area contributed by atoms with Crippen molar-refractivity contribution in [2.45, 2.75) is 0 Å². The Bertz CT molecular complexity index is 1510. The van der Waals surface area contributed by atoms with E-state index in [1.54, 1.807) is 28.8 Å². The van der Waals surface area contributed by atoms with Gasteiger partial charge in [0.1, 0.15) is 0 Å². The third-order valence-corrected chi connectivity index (χ3v) is 4.96. The van der Waals surface area contributed by atoms with Crippen molar-refractivity contribution in [3.63, 3.8) is 0 Å². The second-order valence-corrected chi connectivity index (χ2v) is 8.94. The zero-order chi connectivity index (χ0) is 29.4. The molecule has 4 rings (SSSR count). The number of carbonyl (C=O) groups is 2. The van der Waals surface area contributed by atoms with Crippen LogP contribution in [0.15, 0.2) is 73.1 Å². The SMILES string of the molecule is CN(C)c1cc[n+](-c2nc(Nc3ccc(C(=O)O)cc3)nc(Nc3ccc(C(=O)O)cc3)n2)cc1.O=S(=O)([O-])O. The van der Waals surface area contributed by atoms with Gasteiger partial charge in [0.15, 0.2) is 0 Å². The summed E-state index contributed by atoms with van der Waals surface area (Å²) >= 11 is 0. The minimum Gasteiger partial charge on any atom is -0.726 e. The first-order valence-corrected chi connectivity index (χ1v) is 12.5. The van der Waals surface area contributed by atoms with Crippen molar-refractivity contribution in [3.8, 4) is 5.95 Å². The second kappa shape index (κ2) is 12.6. The third-order valence-electron chi connectivity index (χ3n) is 4.96. The lowest BCUT2D eigenvalue weighted by atomic mass is 10.2. The van der Waals surface area contributed by atoms with Crippen molar-refractivity contribution < 1.29 is 41.9 Å². The number of benzene rings is 2. The Balaban J connectivity index is 0.000000810. The molecule has 15 nitrogen and oxygen atoms in total. The van der Waals surface area contributed by atoms with E-state index in [0.717, 1.165) is 5.69 Å². The molecule has 0 radical (unpaired) electrons. The third kappa shape index (κ3) is 8.98. The Morgan fingerprint density at radius 1 is 0.775 bits per heavy atom. The molecule has 2 heterocycles. The molecule has 2 aromatic heterocycles. The van der Waals surface area contributed by atoms with Crippen molar-refractivity contribution in [1.29, 1.82) is 0 Å². The molecule has 2 aromatic carbocycles. The largest absolute Gasteiger partial charge is 0.726 e. The molecule has 0 unspecified atom stereocenters. The van der Waals surface area contributed by atoms with Crippen LogP contribution < -0.4 is 20.1 Å². The maximum Gasteiger partial charge on any atom is 0.444 e. The first kappa shape index (κ1) is 29.4. The molecule has 0 spiro atoms. The van der Waals surface area contributed by atoms with E-state index in [9.17, 15) is 9.59 Å². The summed E-state index contributed by atoms with van der Waals surface area (Å²) in [6.07, 6.45) is 3.64. The second-order valence-electron chi connectivity index (χ2n) is 8.08. The first-order valence-electron chi connectivity index (χ1n) is 11.1. The van der Waals surface area contributed by atoms with Crippen LogP contribution in [0.5, 0.6) is 0 Å². The summed E-state index contributed by atoms with van der Waals surface area (Å²) in [7, 11) is -1.03. The highest BCUT2D eigenvalue weighted by molar-refractivity contribution is 7.79. The zero-order valence-electron chi connectivity index (χ0n) is 21.0. The summed E-state index contributed by atoms with van der Waals surface area (Å²) in [6.45, 7) is 0. The lowest BCUT2D eigenvalue weighted by molar-refractivity contribution is -0.603. The maximum absolute atomic E-state index is 11.1. The summed E-state index contributed by atoms with van der Waals surface area (Å²) < 4.78 is 34.6. The van der Waals surface area contributed by atoms with Gasteiger partial charge in [-0.05, 0) is 70.6 Å². The molecule has 0 aliphatic heterocycles. The minimum absolute atomic E-state index is 0.163. The van der Waals surface area contributed by atoms with E-state index in [1.807, 2.05) is 43.5 Å².